The number of aliphatic hydroxyl groups excluding tert-OH is 10. The van der Waals surface area contributed by atoms with Crippen molar-refractivity contribution >= 4 is 61.3 Å². The molecule has 514 valence electrons. The third-order valence-electron chi connectivity index (χ3n) is 17.7. The molecule has 2 aliphatic rings. The van der Waals surface area contributed by atoms with Crippen molar-refractivity contribution in [3.8, 4) is 17.2 Å². The molecular weight excluding hydrogens is 1270 g/mol. The van der Waals surface area contributed by atoms with E-state index in [1.54, 1.807) is 44.5 Å². The number of ether oxygens (including phenoxy) is 3. The van der Waals surface area contributed by atoms with Crippen LogP contribution in [0.2, 0.25) is 0 Å². The average molecular weight is 1370 g/mol. The number of hydrogen-bond donors (Lipinski definition) is 12. The van der Waals surface area contributed by atoms with Crippen LogP contribution in [0.5, 0.6) is 17.2 Å². The van der Waals surface area contributed by atoms with Gasteiger partial charge in [0.1, 0.15) is 22.8 Å². The molecule has 0 radical (unpaired) electrons. The first kappa shape index (κ1) is 76.9. The summed E-state index contributed by atoms with van der Waals surface area (Å²) in [5, 5.41) is 117. The number of amides is 2. The smallest absolute Gasteiger partial charge is 0.410 e. The van der Waals surface area contributed by atoms with Crippen LogP contribution in [0.4, 0.5) is 0 Å². The molecule has 0 saturated heterocycles. The minimum Gasteiger partial charge on any atom is -0.488 e. The van der Waals surface area contributed by atoms with Crippen LogP contribution in [0.25, 0.3) is 0 Å². The maximum absolute atomic E-state index is 12.9. The van der Waals surface area contributed by atoms with Crippen molar-refractivity contribution in [2.45, 2.75) is 159 Å². The van der Waals surface area contributed by atoms with Crippen molar-refractivity contribution in [2.75, 3.05) is 53.6 Å². The topological polar surface area (TPSA) is 338 Å². The molecule has 16 unspecified atom stereocenters. The molecule has 2 saturated carbocycles. The SMILES string of the molecule is CCCC(CC)(c1ccc(C=NN(C)P(=S)(Oc2ccc(CCNC(=O)CCOC(O)C3C(O)C(O)C(CO)C3O)cc2)Oc2ccc(CCNC(=O)CC(C)COC(O)C3C(O)C(O)C(CO)C3O)cc2)cc1)[P+](=S)N(C)N=Cc1ccc(OC(C)(CC)CC)cc1. The third-order valence-corrected chi connectivity index (χ3v) is 24.5. The number of carbonyl (C=O) groups is 2. The first-order valence-electron chi connectivity index (χ1n) is 31.8. The summed E-state index contributed by atoms with van der Waals surface area (Å²) in [6.45, 7) is 6.82. The summed E-state index contributed by atoms with van der Waals surface area (Å²) in [7, 11) is 3.63. The van der Waals surface area contributed by atoms with Crippen LogP contribution in [-0.2, 0) is 60.7 Å². The molecule has 93 heavy (non-hydrogen) atoms. The number of nitrogens with zero attached hydrogens (tertiary/aromatic N) is 4. The lowest BCUT2D eigenvalue weighted by molar-refractivity contribution is -0.181. The largest absolute Gasteiger partial charge is 0.488 e. The molecule has 0 spiro atoms. The second kappa shape index (κ2) is 36.3. The Morgan fingerprint density at radius 1 is 0.656 bits per heavy atom. The number of aliphatic hydroxyl groups is 10. The van der Waals surface area contributed by atoms with E-state index in [0.29, 0.717) is 30.9 Å². The first-order chi connectivity index (χ1) is 44.3. The summed E-state index contributed by atoms with van der Waals surface area (Å²) in [6, 6.07) is 30.5. The number of hydrazone groups is 2. The van der Waals surface area contributed by atoms with Crippen molar-refractivity contribution in [3.63, 3.8) is 0 Å². The maximum Gasteiger partial charge on any atom is 0.410 e. The Morgan fingerprint density at radius 2 is 1.12 bits per heavy atom. The Bertz CT molecular complexity index is 3090. The van der Waals surface area contributed by atoms with Crippen molar-refractivity contribution < 1.29 is 83.9 Å². The van der Waals surface area contributed by atoms with Gasteiger partial charge in [-0.05, 0) is 116 Å². The van der Waals surface area contributed by atoms with Gasteiger partial charge in [0, 0.05) is 62.2 Å². The maximum atomic E-state index is 12.9. The Labute approximate surface area is 557 Å². The summed E-state index contributed by atoms with van der Waals surface area (Å²) in [6.07, 6.45) is -3.22. The predicted molar refractivity (Wildman–Crippen MR) is 363 cm³/mol. The first-order valence-corrected chi connectivity index (χ1v) is 36.7. The van der Waals surface area contributed by atoms with Gasteiger partial charge in [-0.25, -0.2) is 4.78 Å². The molecule has 2 fully saturated rings. The van der Waals surface area contributed by atoms with Crippen LogP contribution in [-0.4, -0.2) is 193 Å². The highest BCUT2D eigenvalue weighted by atomic mass is 32.5. The van der Waals surface area contributed by atoms with Gasteiger partial charge >= 0.3 is 13.5 Å². The van der Waals surface area contributed by atoms with E-state index in [-0.39, 0.29) is 61.1 Å². The van der Waals surface area contributed by atoms with Crippen LogP contribution in [0.1, 0.15) is 114 Å². The zero-order valence-electron chi connectivity index (χ0n) is 54.3. The molecule has 0 heterocycles. The summed E-state index contributed by atoms with van der Waals surface area (Å²) < 4.78 is 33.6. The molecule has 16 atom stereocenters. The molecule has 4 aromatic carbocycles. The van der Waals surface area contributed by atoms with Gasteiger partial charge in [-0.1, -0.05) is 89.6 Å². The quantitative estimate of drug-likeness (QED) is 0.0113. The highest BCUT2D eigenvalue weighted by Crippen LogP contribution is 2.55. The van der Waals surface area contributed by atoms with Gasteiger partial charge in [0.2, 0.25) is 11.8 Å². The molecule has 27 heteroatoms. The molecule has 12 N–H and O–H groups in total. The van der Waals surface area contributed by atoms with E-state index in [1.165, 1.54) is 4.78 Å². The molecular formula is C66H97N6O17P2S2+. The highest BCUT2D eigenvalue weighted by Gasteiger charge is 2.53. The van der Waals surface area contributed by atoms with Crippen LogP contribution >= 0.6 is 13.5 Å². The predicted octanol–water partition coefficient (Wildman–Crippen LogP) is 5.57. The summed E-state index contributed by atoms with van der Waals surface area (Å²) in [5.74, 6) is -3.92. The van der Waals surface area contributed by atoms with Crippen molar-refractivity contribution in [1.82, 2.24) is 20.2 Å². The number of benzene rings is 4. The Hall–Kier alpha value is -5.15. The van der Waals surface area contributed by atoms with E-state index in [1.807, 2.05) is 78.7 Å². The second-order valence-electron chi connectivity index (χ2n) is 24.3. The summed E-state index contributed by atoms with van der Waals surface area (Å²) in [5.41, 5.74) is 4.36. The van der Waals surface area contributed by atoms with Crippen LogP contribution in [0.3, 0.4) is 0 Å². The lowest BCUT2D eigenvalue weighted by Crippen LogP contribution is -2.39. The van der Waals surface area contributed by atoms with E-state index < -0.39 is 99.6 Å². The van der Waals surface area contributed by atoms with Crippen molar-refractivity contribution in [3.05, 3.63) is 125 Å². The number of rotatable bonds is 38. The average Bonchev–Trinajstić information content (AvgIpc) is 1.81. The zero-order valence-corrected chi connectivity index (χ0v) is 57.8. The fourth-order valence-electron chi connectivity index (χ4n) is 11.4. The molecule has 23 nitrogen and oxygen atoms in total. The van der Waals surface area contributed by atoms with Gasteiger partial charge in [-0.15, -0.1) is 9.88 Å². The number of nitrogens with one attached hydrogen (secondary N) is 2. The minimum absolute atomic E-state index is 0.0632. The molecule has 4 aromatic rings. The van der Waals surface area contributed by atoms with E-state index in [9.17, 15) is 60.7 Å². The van der Waals surface area contributed by atoms with E-state index in [0.717, 1.165) is 65.7 Å². The zero-order chi connectivity index (χ0) is 68.2. The number of hydrogen-bond acceptors (Lipinski definition) is 21. The van der Waals surface area contributed by atoms with E-state index in [2.05, 4.69) is 57.4 Å². The van der Waals surface area contributed by atoms with Gasteiger partial charge in [0.25, 0.3) is 0 Å². The van der Waals surface area contributed by atoms with Crippen molar-refractivity contribution in [1.29, 1.82) is 0 Å². The Kier molecular flexibility index (Phi) is 30.0. The van der Waals surface area contributed by atoms with Crippen molar-refractivity contribution in [2.24, 2.45) is 39.8 Å². The lowest BCUT2D eigenvalue weighted by Gasteiger charge is -2.29. The van der Waals surface area contributed by atoms with Gasteiger partial charge in [0.05, 0.1) is 101 Å². The number of carbonyl (C=O) groups excluding carboxylic acids is 2. The highest BCUT2D eigenvalue weighted by molar-refractivity contribution is 8.09. The third kappa shape index (κ3) is 20.7. The second-order valence-corrected chi connectivity index (χ2v) is 30.6. The summed E-state index contributed by atoms with van der Waals surface area (Å²) >= 11 is 12.7. The lowest BCUT2D eigenvalue weighted by atomic mass is 9.90. The molecule has 6 rings (SSSR count). The van der Waals surface area contributed by atoms with E-state index >= 15 is 0 Å². The van der Waals surface area contributed by atoms with Crippen LogP contribution in [0, 0.1) is 29.6 Å². The normalized spacial score (nSPS) is 24.0. The monoisotopic (exact) mass is 1370 g/mol. The van der Waals surface area contributed by atoms with Crippen LogP contribution < -0.4 is 24.4 Å². The molecule has 2 aliphatic carbocycles. The molecule has 2 amide bonds. The van der Waals surface area contributed by atoms with Gasteiger partial charge in [0.15, 0.2) is 29.5 Å². The standard InChI is InChI=1S/C66H96N6O17P2S2/c1-9-32-66(12-4,90(92)71(7)69-37-46-19-23-48(24-20-46)87-65(6,10-2)11-3)47-21-13-45(14-22-47)38-70-72(8)91(93,88-49-25-15-43(16-26-49)29-33-67-53(75)31-35-85-63(83)55-57(77)51(39-73)59(79)61(55)81)89-50-27-17-44(18-28-50)30-34-68-54(76)36-42(5)41-86-64(84)56-58(78)52(40-74)60(80)62(56)82/h13-28,37-38,42,51-52,55-64,73-74,77-84H,9-12,29-36,39-41H2,1-8H3,(H-,67,68,75,76)/p+1. The Morgan fingerprint density at radius 3 is 1.58 bits per heavy atom. The molecule has 0 aliphatic heterocycles. The van der Waals surface area contributed by atoms with Gasteiger partial charge < -0.3 is 85.0 Å². The van der Waals surface area contributed by atoms with Crippen LogP contribution in [0.15, 0.2) is 107 Å². The fraction of sp³-hybridized carbons (Fsp3) is 0.576. The van der Waals surface area contributed by atoms with E-state index in [4.69, 9.17) is 57.1 Å². The van der Waals surface area contributed by atoms with Gasteiger partial charge in [-0.2, -0.15) is 5.10 Å². The van der Waals surface area contributed by atoms with Gasteiger partial charge in [-0.3, -0.25) is 9.59 Å². The summed E-state index contributed by atoms with van der Waals surface area (Å²) in [4.78, 5) is 25.6. The molecule has 0 aromatic heterocycles. The fourth-order valence-corrected chi connectivity index (χ4v) is 16.1. The molecule has 0 bridgehead atoms. The minimum atomic E-state index is -3.53. The Balaban J connectivity index is 1.09.